The lowest BCUT2D eigenvalue weighted by molar-refractivity contribution is 0.1000. The molecule has 0 atom stereocenters. The average molecular weight is 283 g/mol. The van der Waals surface area contributed by atoms with Crippen LogP contribution in [0.4, 0.5) is 5.69 Å². The Kier molecular flexibility index (Phi) is 4.63. The number of rotatable bonds is 5. The van der Waals surface area contributed by atoms with Crippen LogP contribution in [0.2, 0.25) is 0 Å². The van der Waals surface area contributed by atoms with E-state index in [-0.39, 0.29) is 5.78 Å². The normalized spacial score (nSPS) is 10.3. The minimum atomic E-state index is 0.123. The van der Waals surface area contributed by atoms with E-state index in [4.69, 9.17) is 4.74 Å². The molecule has 0 aromatic heterocycles. The Hall–Kier alpha value is -2.29. The van der Waals surface area contributed by atoms with Gasteiger partial charge in [-0.2, -0.15) is 0 Å². The first-order valence-corrected chi connectivity index (χ1v) is 6.97. The zero-order valence-electron chi connectivity index (χ0n) is 13.0. The highest BCUT2D eigenvalue weighted by Gasteiger charge is 2.12. The van der Waals surface area contributed by atoms with Crippen LogP contribution in [0.5, 0.6) is 5.75 Å². The van der Waals surface area contributed by atoms with E-state index in [9.17, 15) is 4.79 Å². The number of nitrogens with zero attached hydrogens (tertiary/aromatic N) is 1. The summed E-state index contributed by atoms with van der Waals surface area (Å²) in [6.07, 6.45) is 0. The minimum Gasteiger partial charge on any atom is -0.497 e. The maximum Gasteiger partial charge on any atom is 0.182 e. The molecule has 3 heteroatoms. The molecule has 0 heterocycles. The monoisotopic (exact) mass is 283 g/mol. The molecule has 110 valence electrons. The number of hydrogen-bond donors (Lipinski definition) is 0. The zero-order chi connectivity index (χ0) is 15.4. The van der Waals surface area contributed by atoms with Gasteiger partial charge in [-0.3, -0.25) is 4.79 Å². The number of methoxy groups -OCH3 is 1. The molecular formula is C18H21NO2. The molecule has 0 aliphatic rings. The van der Waals surface area contributed by atoms with Crippen molar-refractivity contribution in [2.45, 2.75) is 13.8 Å². The largest absolute Gasteiger partial charge is 0.497 e. The molecule has 0 unspecified atom stereocenters. The molecule has 2 aromatic rings. The Labute approximate surface area is 126 Å². The predicted molar refractivity (Wildman–Crippen MR) is 86.5 cm³/mol. The van der Waals surface area contributed by atoms with Crippen LogP contribution in [-0.4, -0.2) is 26.5 Å². The molecule has 0 spiro atoms. The van der Waals surface area contributed by atoms with Gasteiger partial charge in [-0.15, -0.1) is 0 Å². The highest BCUT2D eigenvalue weighted by atomic mass is 16.5. The van der Waals surface area contributed by atoms with Crippen molar-refractivity contribution in [1.29, 1.82) is 0 Å². The number of hydrogen-bond acceptors (Lipinski definition) is 3. The smallest absolute Gasteiger partial charge is 0.182 e. The lowest BCUT2D eigenvalue weighted by Crippen LogP contribution is -2.26. The van der Waals surface area contributed by atoms with Crippen molar-refractivity contribution < 1.29 is 9.53 Å². The SMILES string of the molecule is COc1cccc(N(C)CC(=O)c2ccc(C)cc2C)c1. The number of aryl methyl sites for hydroxylation is 2. The van der Waals surface area contributed by atoms with Gasteiger partial charge in [0.1, 0.15) is 5.75 Å². The molecular weight excluding hydrogens is 262 g/mol. The molecule has 3 nitrogen and oxygen atoms in total. The van der Waals surface area contributed by atoms with Gasteiger partial charge in [-0.05, 0) is 31.5 Å². The van der Waals surface area contributed by atoms with Crippen molar-refractivity contribution in [3.05, 3.63) is 59.2 Å². The van der Waals surface area contributed by atoms with Crippen LogP contribution in [0.15, 0.2) is 42.5 Å². The topological polar surface area (TPSA) is 29.5 Å². The Morgan fingerprint density at radius 2 is 1.90 bits per heavy atom. The van der Waals surface area contributed by atoms with Gasteiger partial charge < -0.3 is 9.64 Å². The van der Waals surface area contributed by atoms with Gasteiger partial charge >= 0.3 is 0 Å². The Morgan fingerprint density at radius 3 is 2.57 bits per heavy atom. The van der Waals surface area contributed by atoms with Crippen LogP contribution in [0.3, 0.4) is 0 Å². The molecule has 2 aromatic carbocycles. The van der Waals surface area contributed by atoms with Crippen molar-refractivity contribution in [1.82, 2.24) is 0 Å². The second-order valence-corrected chi connectivity index (χ2v) is 5.30. The molecule has 0 aliphatic carbocycles. The molecule has 21 heavy (non-hydrogen) atoms. The maximum absolute atomic E-state index is 12.4. The second kappa shape index (κ2) is 6.44. The number of ketones is 1. The lowest BCUT2D eigenvalue weighted by Gasteiger charge is -2.19. The lowest BCUT2D eigenvalue weighted by atomic mass is 10.0. The van der Waals surface area contributed by atoms with Gasteiger partial charge in [-0.25, -0.2) is 0 Å². The number of carbonyl (C=O) groups is 1. The van der Waals surface area contributed by atoms with Crippen molar-refractivity contribution in [2.24, 2.45) is 0 Å². The quantitative estimate of drug-likeness (QED) is 0.785. The first-order chi connectivity index (χ1) is 10.0. The summed E-state index contributed by atoms with van der Waals surface area (Å²) in [5.74, 6) is 0.913. The highest BCUT2D eigenvalue weighted by molar-refractivity contribution is 6.00. The number of carbonyl (C=O) groups excluding carboxylic acids is 1. The summed E-state index contributed by atoms with van der Waals surface area (Å²) in [6, 6.07) is 13.6. The molecule has 0 aliphatic heterocycles. The summed E-state index contributed by atoms with van der Waals surface area (Å²) < 4.78 is 5.22. The van der Waals surface area contributed by atoms with E-state index in [0.717, 1.165) is 22.6 Å². The molecule has 0 radical (unpaired) electrons. The summed E-state index contributed by atoms with van der Waals surface area (Å²) in [5, 5.41) is 0. The summed E-state index contributed by atoms with van der Waals surface area (Å²) in [5.41, 5.74) is 3.95. The van der Waals surface area contributed by atoms with Crippen molar-refractivity contribution >= 4 is 11.5 Å². The van der Waals surface area contributed by atoms with Gasteiger partial charge in [0, 0.05) is 24.4 Å². The molecule has 2 rings (SSSR count). The van der Waals surface area contributed by atoms with E-state index in [1.807, 2.05) is 68.3 Å². The third-order valence-corrected chi connectivity index (χ3v) is 3.56. The first-order valence-electron chi connectivity index (χ1n) is 6.97. The van der Waals surface area contributed by atoms with Gasteiger partial charge in [0.25, 0.3) is 0 Å². The van der Waals surface area contributed by atoms with Crippen molar-refractivity contribution in [3.63, 3.8) is 0 Å². The molecule has 0 saturated carbocycles. The summed E-state index contributed by atoms with van der Waals surface area (Å²) in [7, 11) is 3.55. The van der Waals surface area contributed by atoms with Crippen LogP contribution >= 0.6 is 0 Å². The van der Waals surface area contributed by atoms with E-state index < -0.39 is 0 Å². The van der Waals surface area contributed by atoms with Gasteiger partial charge in [-0.1, -0.05) is 29.8 Å². The summed E-state index contributed by atoms with van der Waals surface area (Å²) >= 11 is 0. The fraction of sp³-hybridized carbons (Fsp3) is 0.278. The molecule has 0 saturated heterocycles. The Balaban J connectivity index is 2.14. The van der Waals surface area contributed by atoms with Crippen molar-refractivity contribution in [3.8, 4) is 5.75 Å². The van der Waals surface area contributed by atoms with E-state index in [1.165, 1.54) is 5.56 Å². The molecule has 0 amide bonds. The van der Waals surface area contributed by atoms with Crippen LogP contribution in [0.1, 0.15) is 21.5 Å². The van der Waals surface area contributed by atoms with Crippen molar-refractivity contribution in [2.75, 3.05) is 25.6 Å². The third-order valence-electron chi connectivity index (χ3n) is 3.56. The fourth-order valence-corrected chi connectivity index (χ4v) is 2.37. The van der Waals surface area contributed by atoms with Gasteiger partial charge in [0.2, 0.25) is 0 Å². The molecule has 0 N–H and O–H groups in total. The Morgan fingerprint density at radius 1 is 1.14 bits per heavy atom. The highest BCUT2D eigenvalue weighted by Crippen LogP contribution is 2.20. The molecule has 0 bridgehead atoms. The number of Topliss-reactive ketones (excluding diaryl/α,β-unsaturated/α-hetero) is 1. The van der Waals surface area contributed by atoms with E-state index in [2.05, 4.69) is 0 Å². The second-order valence-electron chi connectivity index (χ2n) is 5.30. The van der Waals surface area contributed by atoms with Crippen LogP contribution in [0, 0.1) is 13.8 Å². The fourth-order valence-electron chi connectivity index (χ4n) is 2.37. The van der Waals surface area contributed by atoms with Gasteiger partial charge in [0.15, 0.2) is 5.78 Å². The first kappa shape index (κ1) is 15.1. The number of benzene rings is 2. The van der Waals surface area contributed by atoms with Crippen LogP contribution < -0.4 is 9.64 Å². The molecule has 0 fully saturated rings. The Bertz CT molecular complexity index is 649. The summed E-state index contributed by atoms with van der Waals surface area (Å²) in [6.45, 7) is 4.35. The number of anilines is 1. The van der Waals surface area contributed by atoms with E-state index in [0.29, 0.717) is 6.54 Å². The van der Waals surface area contributed by atoms with Crippen LogP contribution in [0.25, 0.3) is 0 Å². The summed E-state index contributed by atoms with van der Waals surface area (Å²) in [4.78, 5) is 14.4. The minimum absolute atomic E-state index is 0.123. The number of ether oxygens (including phenoxy) is 1. The van der Waals surface area contributed by atoms with Crippen LogP contribution in [-0.2, 0) is 0 Å². The zero-order valence-corrected chi connectivity index (χ0v) is 13.0. The van der Waals surface area contributed by atoms with E-state index >= 15 is 0 Å². The van der Waals surface area contributed by atoms with Gasteiger partial charge in [0.05, 0.1) is 13.7 Å². The third kappa shape index (κ3) is 3.63. The number of likely N-dealkylation sites (N-methyl/N-ethyl adjacent to an activating group) is 1. The average Bonchev–Trinajstić information content (AvgIpc) is 2.47. The van der Waals surface area contributed by atoms with E-state index in [1.54, 1.807) is 7.11 Å². The standard InChI is InChI=1S/C18H21NO2/c1-13-8-9-17(14(2)10-13)18(20)12-19(3)15-6-5-7-16(11-15)21-4/h5-11H,12H2,1-4H3. The predicted octanol–water partition coefficient (Wildman–Crippen LogP) is 3.63. The maximum atomic E-state index is 12.4.